The van der Waals surface area contributed by atoms with Crippen LogP contribution in [0.1, 0.15) is 0 Å². The maximum absolute atomic E-state index is 8.49. The van der Waals surface area contributed by atoms with Gasteiger partial charge in [0, 0.05) is 39.3 Å². The molecule has 0 fully saturated rings. The molecule has 0 rings (SSSR count). The van der Waals surface area contributed by atoms with Crippen molar-refractivity contribution in [2.24, 2.45) is 0 Å². The van der Waals surface area contributed by atoms with Crippen molar-refractivity contribution in [2.75, 3.05) is 78.9 Å². The van der Waals surface area contributed by atoms with Crippen LogP contribution in [0.3, 0.4) is 0 Å². The summed E-state index contributed by atoms with van der Waals surface area (Å²) in [4.78, 5) is 3.58. The van der Waals surface area contributed by atoms with Crippen LogP contribution in [0, 0.1) is 20.5 Å². The summed E-state index contributed by atoms with van der Waals surface area (Å²) in [5.41, 5.74) is 0. The monoisotopic (exact) mass is 542 g/mol. The molecular weight excluding hydrogens is 513 g/mol. The SMILES string of the molecule is OCCN(CCO)CCO.OCCN(CCO)CCO.[Na+].[Na+].[O-][Cl+3]([O-])([O-])[O-].[O-][Cl+3]([O-])([O-])[O-]. The molecule has 16 nitrogen and oxygen atoms in total. The first-order valence-electron chi connectivity index (χ1n) is 8.03. The van der Waals surface area contributed by atoms with E-state index in [0.29, 0.717) is 39.3 Å². The molecule has 0 heterocycles. The molecule has 188 valence electrons. The van der Waals surface area contributed by atoms with E-state index in [2.05, 4.69) is 0 Å². The van der Waals surface area contributed by atoms with Gasteiger partial charge in [-0.1, -0.05) is 0 Å². The minimum Gasteiger partial charge on any atom is -0.395 e. The van der Waals surface area contributed by atoms with Crippen LogP contribution >= 0.6 is 0 Å². The maximum Gasteiger partial charge on any atom is 1.00 e. The summed E-state index contributed by atoms with van der Waals surface area (Å²) in [5, 5.41) is 50.9. The Balaban J connectivity index is -0.0000000724. The van der Waals surface area contributed by atoms with Crippen LogP contribution in [-0.4, -0.2) is 119 Å². The van der Waals surface area contributed by atoms with Gasteiger partial charge in [-0.05, 0) is 0 Å². The molecule has 0 bridgehead atoms. The molecule has 0 saturated carbocycles. The van der Waals surface area contributed by atoms with Crippen molar-refractivity contribution in [3.05, 3.63) is 0 Å². The Morgan fingerprint density at radius 2 is 0.469 bits per heavy atom. The summed E-state index contributed by atoms with van der Waals surface area (Å²) in [7, 11) is -9.89. The second-order valence-corrected chi connectivity index (χ2v) is 6.29. The molecule has 0 atom stereocenters. The number of hydrogen-bond donors (Lipinski definition) is 6. The summed E-state index contributed by atoms with van der Waals surface area (Å²) in [6.07, 6.45) is 0. The first kappa shape index (κ1) is 47.2. The van der Waals surface area contributed by atoms with Gasteiger partial charge in [0.1, 0.15) is 0 Å². The van der Waals surface area contributed by atoms with E-state index in [4.69, 9.17) is 67.9 Å². The zero-order valence-electron chi connectivity index (χ0n) is 18.1. The van der Waals surface area contributed by atoms with Crippen molar-refractivity contribution in [3.63, 3.8) is 0 Å². The number of aliphatic hydroxyl groups excluding tert-OH is 6. The minimum atomic E-state index is -4.94. The van der Waals surface area contributed by atoms with Gasteiger partial charge in [0.05, 0.1) is 39.6 Å². The van der Waals surface area contributed by atoms with Crippen molar-refractivity contribution >= 4 is 0 Å². The summed E-state index contributed by atoms with van der Waals surface area (Å²) in [5.74, 6) is 0. The van der Waals surface area contributed by atoms with Crippen molar-refractivity contribution in [1.29, 1.82) is 0 Å². The van der Waals surface area contributed by atoms with Crippen LogP contribution in [-0.2, 0) is 0 Å². The molecule has 20 heteroatoms. The minimum absolute atomic E-state index is 0. The van der Waals surface area contributed by atoms with E-state index in [1.165, 1.54) is 0 Å². The van der Waals surface area contributed by atoms with Crippen molar-refractivity contribution in [2.45, 2.75) is 0 Å². The molecule has 0 aliphatic heterocycles. The van der Waals surface area contributed by atoms with Gasteiger partial charge >= 0.3 is 59.1 Å². The molecule has 0 amide bonds. The van der Waals surface area contributed by atoms with Crippen LogP contribution in [0.4, 0.5) is 0 Å². The Morgan fingerprint density at radius 1 is 0.375 bits per heavy atom. The molecule has 0 aromatic heterocycles. The van der Waals surface area contributed by atoms with Crippen molar-refractivity contribution in [1.82, 2.24) is 9.80 Å². The standard InChI is InChI=1S/2C6H15NO3.2ClHO4.2Na/c2*8-4-1-7(2-5-9)3-6-10;2*2-1(3,4)5;;/h2*8-10H,1-6H2;2*(H,2,3,4,5);;/q;;;;2*+1/p-2. The second kappa shape index (κ2) is 32.9. The van der Waals surface area contributed by atoms with Gasteiger partial charge in [-0.3, -0.25) is 9.80 Å². The fourth-order valence-electron chi connectivity index (χ4n) is 1.52. The third-order valence-electron chi connectivity index (χ3n) is 2.50. The van der Waals surface area contributed by atoms with Crippen LogP contribution in [0.15, 0.2) is 0 Å². The Morgan fingerprint density at radius 3 is 0.531 bits per heavy atom. The van der Waals surface area contributed by atoms with E-state index in [1.54, 1.807) is 9.80 Å². The third kappa shape index (κ3) is 76.9. The van der Waals surface area contributed by atoms with Gasteiger partial charge in [-0.15, -0.1) is 20.5 Å². The van der Waals surface area contributed by atoms with E-state index >= 15 is 0 Å². The fourth-order valence-corrected chi connectivity index (χ4v) is 1.52. The van der Waals surface area contributed by atoms with Gasteiger partial charge in [0.15, 0.2) is 0 Å². The molecule has 6 N–H and O–H groups in total. The normalized spacial score (nSPS) is 10.5. The zero-order chi connectivity index (χ0) is 24.6. The molecule has 0 saturated heterocycles. The third-order valence-corrected chi connectivity index (χ3v) is 2.50. The van der Waals surface area contributed by atoms with Crippen molar-refractivity contribution in [3.8, 4) is 0 Å². The molecule has 32 heavy (non-hydrogen) atoms. The summed E-state index contributed by atoms with van der Waals surface area (Å²) in [6.45, 7) is 3.51. The van der Waals surface area contributed by atoms with Crippen LogP contribution in [0.2, 0.25) is 0 Å². The summed E-state index contributed by atoms with van der Waals surface area (Å²) < 4.78 is 67.9. The fraction of sp³-hybridized carbons (Fsp3) is 1.00. The quantitative estimate of drug-likeness (QED) is 0.124. The van der Waals surface area contributed by atoms with E-state index in [0.717, 1.165) is 0 Å². The number of aliphatic hydroxyl groups is 6. The van der Waals surface area contributed by atoms with Crippen LogP contribution in [0.25, 0.3) is 0 Å². The number of hydrogen-bond acceptors (Lipinski definition) is 16. The molecule has 0 aliphatic rings. The van der Waals surface area contributed by atoms with E-state index in [1.807, 2.05) is 0 Å². The van der Waals surface area contributed by atoms with Gasteiger partial charge < -0.3 is 30.6 Å². The Bertz CT molecular complexity index is 263. The van der Waals surface area contributed by atoms with E-state index < -0.39 is 20.5 Å². The Kier molecular flexibility index (Phi) is 48.6. The molecule has 0 aromatic carbocycles. The predicted octanol–water partition coefficient (Wildman–Crippen LogP) is -19.0. The maximum atomic E-state index is 8.49. The van der Waals surface area contributed by atoms with Crippen molar-refractivity contribution < 1.29 is 148 Å². The summed E-state index contributed by atoms with van der Waals surface area (Å²) in [6, 6.07) is 0. The second-order valence-electron chi connectivity index (χ2n) is 4.78. The zero-order valence-corrected chi connectivity index (χ0v) is 23.6. The molecule has 0 aliphatic carbocycles. The number of halogens is 2. The smallest absolute Gasteiger partial charge is 0.395 e. The number of rotatable bonds is 12. The van der Waals surface area contributed by atoms with Gasteiger partial charge in [0.2, 0.25) is 0 Å². The Hall–Kier alpha value is 1.94. The largest absolute Gasteiger partial charge is 1.00 e. The van der Waals surface area contributed by atoms with Gasteiger partial charge in [-0.25, -0.2) is 37.3 Å². The first-order valence-corrected chi connectivity index (χ1v) is 10.5. The average molecular weight is 543 g/mol. The Labute approximate surface area is 234 Å². The van der Waals surface area contributed by atoms with E-state index in [-0.39, 0.29) is 98.8 Å². The average Bonchev–Trinajstić information content (AvgIpc) is 2.54. The topological polar surface area (TPSA) is 312 Å². The predicted molar refractivity (Wildman–Crippen MR) is 75.4 cm³/mol. The van der Waals surface area contributed by atoms with Crippen LogP contribution in [0.5, 0.6) is 0 Å². The summed E-state index contributed by atoms with van der Waals surface area (Å²) >= 11 is 0. The number of nitrogens with zero attached hydrogens (tertiary/aromatic N) is 2. The first-order chi connectivity index (χ1) is 13.7. The van der Waals surface area contributed by atoms with Gasteiger partial charge in [0.25, 0.3) is 0 Å². The van der Waals surface area contributed by atoms with Crippen LogP contribution < -0.4 is 96.4 Å². The molecule has 0 spiro atoms. The molecule has 0 radical (unpaired) electrons. The molecule has 0 aromatic rings. The van der Waals surface area contributed by atoms with Gasteiger partial charge in [-0.2, -0.15) is 0 Å². The molecular formula is C12H30Cl2N2Na2O14. The molecule has 0 unspecified atom stereocenters. The van der Waals surface area contributed by atoms with E-state index in [9.17, 15) is 0 Å².